The standard InChI is InChI=1S/C12H18N2S/c1-14-8-4-12(5-9-14)15-10-11-2-6-13-7-3-11/h2-3,6-7,12H,4-5,8-10H2,1H3. The van der Waals surface area contributed by atoms with E-state index in [0.29, 0.717) is 0 Å². The number of hydrogen-bond acceptors (Lipinski definition) is 3. The Kier molecular flexibility index (Phi) is 4.03. The molecule has 0 unspecified atom stereocenters. The molecular weight excluding hydrogens is 204 g/mol. The van der Waals surface area contributed by atoms with E-state index in [1.165, 1.54) is 31.5 Å². The molecule has 3 heteroatoms. The lowest BCUT2D eigenvalue weighted by molar-refractivity contribution is 0.282. The van der Waals surface area contributed by atoms with Crippen LogP contribution in [0.3, 0.4) is 0 Å². The van der Waals surface area contributed by atoms with E-state index >= 15 is 0 Å². The normalized spacial score (nSPS) is 19.3. The zero-order valence-electron chi connectivity index (χ0n) is 9.22. The second-order valence-electron chi connectivity index (χ2n) is 4.17. The van der Waals surface area contributed by atoms with Gasteiger partial charge in [0.1, 0.15) is 0 Å². The molecule has 0 saturated carbocycles. The minimum atomic E-state index is 0.856. The van der Waals surface area contributed by atoms with Crippen LogP contribution in [0.1, 0.15) is 18.4 Å². The lowest BCUT2D eigenvalue weighted by Gasteiger charge is -2.28. The molecule has 1 fully saturated rings. The SMILES string of the molecule is CN1CCC(SCc2ccncc2)CC1. The summed E-state index contributed by atoms with van der Waals surface area (Å²) in [4.78, 5) is 6.45. The summed E-state index contributed by atoms with van der Waals surface area (Å²) in [7, 11) is 2.21. The number of aromatic nitrogens is 1. The molecule has 0 N–H and O–H groups in total. The number of piperidine rings is 1. The average molecular weight is 222 g/mol. The molecule has 2 nitrogen and oxygen atoms in total. The van der Waals surface area contributed by atoms with Crippen LogP contribution in [0.2, 0.25) is 0 Å². The number of rotatable bonds is 3. The van der Waals surface area contributed by atoms with Gasteiger partial charge in [-0.3, -0.25) is 4.98 Å². The van der Waals surface area contributed by atoms with Gasteiger partial charge in [-0.2, -0.15) is 11.8 Å². The van der Waals surface area contributed by atoms with E-state index in [1.54, 1.807) is 0 Å². The second-order valence-corrected chi connectivity index (χ2v) is 5.46. The Morgan fingerprint density at radius 3 is 2.67 bits per heavy atom. The lowest BCUT2D eigenvalue weighted by Crippen LogP contribution is -2.31. The lowest BCUT2D eigenvalue weighted by atomic mass is 10.1. The monoisotopic (exact) mass is 222 g/mol. The van der Waals surface area contributed by atoms with E-state index in [-0.39, 0.29) is 0 Å². The smallest absolute Gasteiger partial charge is 0.0270 e. The molecule has 1 aliphatic heterocycles. The van der Waals surface area contributed by atoms with Crippen LogP contribution in [0.5, 0.6) is 0 Å². The first-order valence-electron chi connectivity index (χ1n) is 5.53. The molecule has 82 valence electrons. The number of thioether (sulfide) groups is 1. The fourth-order valence-corrected chi connectivity index (χ4v) is 3.01. The molecule has 2 rings (SSSR count). The van der Waals surface area contributed by atoms with E-state index < -0.39 is 0 Å². The first-order valence-corrected chi connectivity index (χ1v) is 6.58. The fraction of sp³-hybridized carbons (Fsp3) is 0.583. The Labute approximate surface area is 96.1 Å². The van der Waals surface area contributed by atoms with Gasteiger partial charge in [-0.05, 0) is 50.7 Å². The maximum atomic E-state index is 4.03. The van der Waals surface area contributed by atoms with Gasteiger partial charge in [-0.1, -0.05) is 0 Å². The molecular formula is C12H18N2S. The third-order valence-corrected chi connectivity index (χ3v) is 4.34. The Bertz CT molecular complexity index is 281. The van der Waals surface area contributed by atoms with Crippen LogP contribution in [0.15, 0.2) is 24.5 Å². The summed E-state index contributed by atoms with van der Waals surface area (Å²) in [6, 6.07) is 4.23. The average Bonchev–Trinajstić information content (AvgIpc) is 2.30. The molecule has 0 aliphatic carbocycles. The van der Waals surface area contributed by atoms with Gasteiger partial charge >= 0.3 is 0 Å². The van der Waals surface area contributed by atoms with Crippen molar-refractivity contribution in [1.82, 2.24) is 9.88 Å². The number of pyridine rings is 1. The summed E-state index contributed by atoms with van der Waals surface area (Å²) in [6.07, 6.45) is 6.44. The van der Waals surface area contributed by atoms with E-state index in [4.69, 9.17) is 0 Å². The maximum absolute atomic E-state index is 4.03. The van der Waals surface area contributed by atoms with E-state index in [1.807, 2.05) is 12.4 Å². The van der Waals surface area contributed by atoms with Gasteiger partial charge in [0.15, 0.2) is 0 Å². The van der Waals surface area contributed by atoms with Crippen molar-refractivity contribution < 1.29 is 0 Å². The van der Waals surface area contributed by atoms with Gasteiger partial charge in [-0.15, -0.1) is 0 Å². The Balaban J connectivity index is 1.74. The molecule has 1 aromatic heterocycles. The zero-order valence-corrected chi connectivity index (χ0v) is 10.0. The molecule has 2 heterocycles. The molecule has 1 aromatic rings. The third kappa shape index (κ3) is 3.50. The summed E-state index contributed by atoms with van der Waals surface area (Å²) in [5.41, 5.74) is 1.40. The highest BCUT2D eigenvalue weighted by Gasteiger charge is 2.16. The molecule has 0 spiro atoms. The summed E-state index contributed by atoms with van der Waals surface area (Å²) in [6.45, 7) is 2.52. The summed E-state index contributed by atoms with van der Waals surface area (Å²) < 4.78 is 0. The fourth-order valence-electron chi connectivity index (χ4n) is 1.84. The molecule has 1 saturated heterocycles. The van der Waals surface area contributed by atoms with E-state index in [2.05, 4.69) is 40.8 Å². The second kappa shape index (κ2) is 5.52. The number of nitrogens with zero attached hydrogens (tertiary/aromatic N) is 2. The minimum absolute atomic E-state index is 0.856. The van der Waals surface area contributed by atoms with Crippen LogP contribution < -0.4 is 0 Å². The topological polar surface area (TPSA) is 16.1 Å². The largest absolute Gasteiger partial charge is 0.306 e. The Morgan fingerprint density at radius 2 is 2.00 bits per heavy atom. The first kappa shape index (κ1) is 11.0. The van der Waals surface area contributed by atoms with Crippen molar-refractivity contribution in [3.05, 3.63) is 30.1 Å². The predicted octanol–water partition coefficient (Wildman–Crippen LogP) is 2.41. The number of likely N-dealkylation sites (tertiary alicyclic amines) is 1. The molecule has 0 radical (unpaired) electrons. The van der Waals surface area contributed by atoms with Gasteiger partial charge in [0.2, 0.25) is 0 Å². The molecule has 15 heavy (non-hydrogen) atoms. The van der Waals surface area contributed by atoms with Crippen molar-refractivity contribution in [3.63, 3.8) is 0 Å². The van der Waals surface area contributed by atoms with Crippen LogP contribution >= 0.6 is 11.8 Å². The Hall–Kier alpha value is -0.540. The van der Waals surface area contributed by atoms with Gasteiger partial charge in [0.25, 0.3) is 0 Å². The van der Waals surface area contributed by atoms with Crippen LogP contribution in [-0.2, 0) is 5.75 Å². The van der Waals surface area contributed by atoms with Crippen LogP contribution in [-0.4, -0.2) is 35.3 Å². The van der Waals surface area contributed by atoms with Gasteiger partial charge in [0, 0.05) is 23.4 Å². The van der Waals surface area contributed by atoms with Crippen molar-refractivity contribution in [2.24, 2.45) is 0 Å². The first-order chi connectivity index (χ1) is 7.34. The maximum Gasteiger partial charge on any atom is 0.0270 e. The predicted molar refractivity (Wildman–Crippen MR) is 66.1 cm³/mol. The number of hydrogen-bond donors (Lipinski definition) is 0. The summed E-state index contributed by atoms with van der Waals surface area (Å²) in [5, 5.41) is 0.856. The van der Waals surface area contributed by atoms with Crippen LogP contribution in [0, 0.1) is 0 Å². The molecule has 0 amide bonds. The van der Waals surface area contributed by atoms with Crippen molar-refractivity contribution in [2.45, 2.75) is 23.8 Å². The molecule has 0 atom stereocenters. The van der Waals surface area contributed by atoms with E-state index in [0.717, 1.165) is 11.0 Å². The molecule has 1 aliphatic rings. The summed E-state index contributed by atoms with van der Waals surface area (Å²) >= 11 is 2.10. The van der Waals surface area contributed by atoms with Gasteiger partial charge < -0.3 is 4.90 Å². The van der Waals surface area contributed by atoms with Crippen LogP contribution in [0.25, 0.3) is 0 Å². The zero-order chi connectivity index (χ0) is 10.5. The highest BCUT2D eigenvalue weighted by atomic mass is 32.2. The van der Waals surface area contributed by atoms with Crippen molar-refractivity contribution >= 4 is 11.8 Å². The molecule has 0 aromatic carbocycles. The quantitative estimate of drug-likeness (QED) is 0.781. The van der Waals surface area contributed by atoms with Crippen molar-refractivity contribution in [3.8, 4) is 0 Å². The van der Waals surface area contributed by atoms with Crippen molar-refractivity contribution in [1.29, 1.82) is 0 Å². The van der Waals surface area contributed by atoms with Crippen LogP contribution in [0.4, 0.5) is 0 Å². The highest BCUT2D eigenvalue weighted by Crippen LogP contribution is 2.25. The van der Waals surface area contributed by atoms with Gasteiger partial charge in [0.05, 0.1) is 0 Å². The molecule has 0 bridgehead atoms. The summed E-state index contributed by atoms with van der Waals surface area (Å²) in [5.74, 6) is 1.14. The van der Waals surface area contributed by atoms with Gasteiger partial charge in [-0.25, -0.2) is 0 Å². The highest BCUT2D eigenvalue weighted by molar-refractivity contribution is 7.99. The van der Waals surface area contributed by atoms with Crippen molar-refractivity contribution in [2.75, 3.05) is 20.1 Å². The minimum Gasteiger partial charge on any atom is -0.306 e. The van der Waals surface area contributed by atoms with E-state index in [9.17, 15) is 0 Å². The third-order valence-electron chi connectivity index (χ3n) is 2.90. The Morgan fingerprint density at radius 1 is 1.33 bits per heavy atom.